The Hall–Kier alpha value is -2.55. The molecule has 0 saturated heterocycles. The average molecular weight is 420 g/mol. The van der Waals surface area contributed by atoms with E-state index in [9.17, 15) is 15.0 Å². The Balaban J connectivity index is 1.50. The number of carbonyl (C=O) groups excluding carboxylic acids is 1. The maximum absolute atomic E-state index is 11.9. The van der Waals surface area contributed by atoms with E-state index in [1.54, 1.807) is 12.1 Å². The molecule has 9 heteroatoms. The topological polar surface area (TPSA) is 94.8 Å². The van der Waals surface area contributed by atoms with Crippen molar-refractivity contribution in [3.63, 3.8) is 0 Å². The number of rotatable bonds is 6. The molecular weight excluding hydrogens is 406 g/mol. The van der Waals surface area contributed by atoms with Gasteiger partial charge in [0, 0.05) is 27.6 Å². The molecule has 2 aromatic carbocycles. The molecule has 1 aromatic heterocycles. The Morgan fingerprint density at radius 2 is 2.04 bits per heavy atom. The van der Waals surface area contributed by atoms with Crippen LogP contribution in [0.4, 0.5) is 0 Å². The number of hydrogen-bond donors (Lipinski definition) is 3. The number of benzene rings is 2. The summed E-state index contributed by atoms with van der Waals surface area (Å²) in [5.41, 5.74) is 4.57. The SMILES string of the molecule is O=C(CSc1nc(-c2ccc(Cl)cc2)cs1)N/N=C/c1ccc(O)cc1O. The zero-order valence-electron chi connectivity index (χ0n) is 13.8. The molecule has 138 valence electrons. The maximum atomic E-state index is 11.9. The number of nitrogens with zero attached hydrogens (tertiary/aromatic N) is 2. The van der Waals surface area contributed by atoms with Gasteiger partial charge in [-0.2, -0.15) is 5.10 Å². The minimum absolute atomic E-state index is 0.0495. The number of thiazole rings is 1. The minimum atomic E-state index is -0.294. The monoisotopic (exact) mass is 419 g/mol. The van der Waals surface area contributed by atoms with Crippen molar-refractivity contribution < 1.29 is 15.0 Å². The fraction of sp³-hybridized carbons (Fsp3) is 0.0556. The summed E-state index contributed by atoms with van der Waals surface area (Å²) in [6.45, 7) is 0. The van der Waals surface area contributed by atoms with Crippen LogP contribution < -0.4 is 5.43 Å². The third kappa shape index (κ3) is 5.46. The second kappa shape index (κ2) is 8.90. The van der Waals surface area contributed by atoms with Crippen LogP contribution >= 0.6 is 34.7 Å². The van der Waals surface area contributed by atoms with E-state index in [4.69, 9.17) is 11.6 Å². The van der Waals surface area contributed by atoms with E-state index >= 15 is 0 Å². The second-order valence-corrected chi connectivity index (χ2v) is 7.85. The fourth-order valence-corrected chi connectivity index (χ4v) is 3.80. The molecule has 0 atom stereocenters. The van der Waals surface area contributed by atoms with Crippen molar-refractivity contribution in [2.75, 3.05) is 5.75 Å². The van der Waals surface area contributed by atoms with Gasteiger partial charge in [0.25, 0.3) is 5.91 Å². The van der Waals surface area contributed by atoms with E-state index in [-0.39, 0.29) is 23.2 Å². The van der Waals surface area contributed by atoms with Crippen molar-refractivity contribution in [3.05, 3.63) is 58.4 Å². The van der Waals surface area contributed by atoms with Gasteiger partial charge in [-0.05, 0) is 24.3 Å². The highest BCUT2D eigenvalue weighted by atomic mass is 35.5. The van der Waals surface area contributed by atoms with Crippen LogP contribution in [-0.2, 0) is 4.79 Å². The van der Waals surface area contributed by atoms with Gasteiger partial charge in [-0.3, -0.25) is 4.79 Å². The highest BCUT2D eigenvalue weighted by Gasteiger charge is 2.08. The first kappa shape index (κ1) is 19.2. The third-order valence-corrected chi connectivity index (χ3v) is 5.63. The summed E-state index contributed by atoms with van der Waals surface area (Å²) >= 11 is 8.65. The predicted octanol–water partition coefficient (Wildman–Crippen LogP) is 4.12. The van der Waals surface area contributed by atoms with Crippen molar-refractivity contribution in [1.29, 1.82) is 0 Å². The zero-order chi connectivity index (χ0) is 19.2. The van der Waals surface area contributed by atoms with E-state index < -0.39 is 0 Å². The summed E-state index contributed by atoms with van der Waals surface area (Å²) < 4.78 is 0.773. The van der Waals surface area contributed by atoms with Crippen LogP contribution in [0.25, 0.3) is 11.3 Å². The number of phenols is 2. The molecule has 0 fully saturated rings. The molecule has 6 nitrogen and oxygen atoms in total. The zero-order valence-corrected chi connectivity index (χ0v) is 16.2. The first-order valence-electron chi connectivity index (χ1n) is 7.69. The van der Waals surface area contributed by atoms with Crippen molar-refractivity contribution in [2.45, 2.75) is 4.34 Å². The number of halogens is 1. The van der Waals surface area contributed by atoms with Crippen molar-refractivity contribution in [3.8, 4) is 22.8 Å². The molecule has 0 saturated carbocycles. The number of hydrazone groups is 1. The highest BCUT2D eigenvalue weighted by molar-refractivity contribution is 8.01. The molecule has 1 heterocycles. The largest absolute Gasteiger partial charge is 0.508 e. The molecule has 3 rings (SSSR count). The van der Waals surface area contributed by atoms with Crippen LogP contribution in [-0.4, -0.2) is 33.1 Å². The number of hydrogen-bond acceptors (Lipinski definition) is 7. The maximum Gasteiger partial charge on any atom is 0.250 e. The van der Waals surface area contributed by atoms with Crippen LogP contribution in [0.3, 0.4) is 0 Å². The van der Waals surface area contributed by atoms with Gasteiger partial charge in [-0.1, -0.05) is 35.5 Å². The second-order valence-electron chi connectivity index (χ2n) is 5.33. The summed E-state index contributed by atoms with van der Waals surface area (Å²) in [6.07, 6.45) is 1.30. The summed E-state index contributed by atoms with van der Waals surface area (Å²) in [7, 11) is 0. The van der Waals surface area contributed by atoms with Gasteiger partial charge in [0.05, 0.1) is 17.7 Å². The molecule has 0 bridgehead atoms. The molecule has 0 aliphatic rings. The Morgan fingerprint density at radius 1 is 1.26 bits per heavy atom. The van der Waals surface area contributed by atoms with E-state index in [0.717, 1.165) is 15.6 Å². The normalized spacial score (nSPS) is 11.0. The smallest absolute Gasteiger partial charge is 0.250 e. The lowest BCUT2D eigenvalue weighted by Gasteiger charge is -2.00. The minimum Gasteiger partial charge on any atom is -0.508 e. The number of thioether (sulfide) groups is 1. The lowest BCUT2D eigenvalue weighted by molar-refractivity contribution is -0.118. The summed E-state index contributed by atoms with van der Waals surface area (Å²) in [5, 5.41) is 25.3. The van der Waals surface area contributed by atoms with Crippen LogP contribution in [0.5, 0.6) is 11.5 Å². The van der Waals surface area contributed by atoms with Gasteiger partial charge in [0.15, 0.2) is 4.34 Å². The molecule has 27 heavy (non-hydrogen) atoms. The number of aromatic nitrogens is 1. The van der Waals surface area contributed by atoms with Crippen molar-refractivity contribution >= 4 is 46.8 Å². The number of nitrogens with one attached hydrogen (secondary N) is 1. The lowest BCUT2D eigenvalue weighted by Crippen LogP contribution is -2.19. The average Bonchev–Trinajstić information content (AvgIpc) is 3.11. The third-order valence-electron chi connectivity index (χ3n) is 3.36. The number of amides is 1. The van der Waals surface area contributed by atoms with Gasteiger partial charge in [-0.25, -0.2) is 10.4 Å². The van der Waals surface area contributed by atoms with Crippen LogP contribution in [0.2, 0.25) is 5.02 Å². The number of phenolic OH excluding ortho intramolecular Hbond substituents is 2. The Labute approximate surface area is 168 Å². The molecule has 0 aliphatic carbocycles. The van der Waals surface area contributed by atoms with Gasteiger partial charge < -0.3 is 10.2 Å². The molecule has 0 spiro atoms. The van der Waals surface area contributed by atoms with Gasteiger partial charge in [-0.15, -0.1) is 11.3 Å². The first-order valence-corrected chi connectivity index (χ1v) is 9.94. The van der Waals surface area contributed by atoms with Crippen LogP contribution in [0.1, 0.15) is 5.56 Å². The predicted molar refractivity (Wildman–Crippen MR) is 109 cm³/mol. The number of aromatic hydroxyl groups is 2. The number of carbonyl (C=O) groups is 1. The Morgan fingerprint density at radius 3 is 2.78 bits per heavy atom. The Kier molecular flexibility index (Phi) is 6.33. The molecule has 3 aromatic rings. The molecule has 0 radical (unpaired) electrons. The van der Waals surface area contributed by atoms with Gasteiger partial charge >= 0.3 is 0 Å². The lowest BCUT2D eigenvalue weighted by atomic mass is 10.2. The molecule has 0 unspecified atom stereocenters. The van der Waals surface area contributed by atoms with E-state index in [1.165, 1.54) is 47.5 Å². The standard InChI is InChI=1S/C18H14ClN3O3S2/c19-13-4-1-11(2-5-13)15-9-26-18(21-15)27-10-17(25)22-20-8-12-3-6-14(23)7-16(12)24/h1-9,23-24H,10H2,(H,22,25)/b20-8+. The summed E-state index contributed by atoms with van der Waals surface area (Å²) in [5.74, 6) is -0.309. The fourth-order valence-electron chi connectivity index (χ4n) is 2.05. The molecular formula is C18H14ClN3O3S2. The molecule has 0 aliphatic heterocycles. The summed E-state index contributed by atoms with van der Waals surface area (Å²) in [4.78, 5) is 16.4. The molecule has 1 amide bonds. The van der Waals surface area contributed by atoms with Crippen molar-refractivity contribution in [2.24, 2.45) is 5.10 Å². The van der Waals surface area contributed by atoms with Gasteiger partial charge in [0.2, 0.25) is 0 Å². The highest BCUT2D eigenvalue weighted by Crippen LogP contribution is 2.28. The Bertz CT molecular complexity index is 974. The van der Waals surface area contributed by atoms with E-state index in [2.05, 4.69) is 15.5 Å². The van der Waals surface area contributed by atoms with E-state index in [0.29, 0.717) is 10.6 Å². The van der Waals surface area contributed by atoms with Gasteiger partial charge in [0.1, 0.15) is 11.5 Å². The van der Waals surface area contributed by atoms with Crippen molar-refractivity contribution in [1.82, 2.24) is 10.4 Å². The van der Waals surface area contributed by atoms with E-state index in [1.807, 2.05) is 17.5 Å². The quantitative estimate of drug-likeness (QED) is 0.317. The first-order chi connectivity index (χ1) is 13.0. The van der Waals surface area contributed by atoms with Crippen LogP contribution in [0.15, 0.2) is 57.3 Å². The van der Waals surface area contributed by atoms with Crippen LogP contribution in [0, 0.1) is 0 Å². The molecule has 3 N–H and O–H groups in total. The summed E-state index contributed by atoms with van der Waals surface area (Å²) in [6, 6.07) is 11.5.